The molecule has 1 aliphatic rings. The number of carbonyl (C=O) groups excluding carboxylic acids is 1. The van der Waals surface area contributed by atoms with Crippen LogP contribution >= 0.6 is 0 Å². The third-order valence-corrected chi connectivity index (χ3v) is 2.49. The van der Waals surface area contributed by atoms with Gasteiger partial charge in [0, 0.05) is 20.0 Å². The van der Waals surface area contributed by atoms with Gasteiger partial charge in [0.2, 0.25) is 5.91 Å². The second-order valence-electron chi connectivity index (χ2n) is 3.44. The molecule has 0 bridgehead atoms. The molecule has 0 atom stereocenters. The molecule has 1 aromatic carbocycles. The van der Waals surface area contributed by atoms with Crippen LogP contribution < -0.4 is 0 Å². The van der Waals surface area contributed by atoms with Crippen molar-refractivity contribution in [3.05, 3.63) is 40.7 Å². The number of benzene rings is 1. The van der Waals surface area contributed by atoms with Gasteiger partial charge in [0.05, 0.1) is 6.57 Å². The van der Waals surface area contributed by atoms with Crippen LogP contribution in [0.3, 0.4) is 0 Å². The Bertz CT molecular complexity index is 431. The van der Waals surface area contributed by atoms with Crippen LogP contribution in [0.15, 0.2) is 18.2 Å². The summed E-state index contributed by atoms with van der Waals surface area (Å²) in [7, 11) is 0. The van der Waals surface area contributed by atoms with E-state index in [9.17, 15) is 4.79 Å². The number of hydrogen-bond donors (Lipinski definition) is 0. The molecule has 14 heavy (non-hydrogen) atoms. The van der Waals surface area contributed by atoms with Crippen LogP contribution in [0.4, 0.5) is 5.69 Å². The lowest BCUT2D eigenvalue weighted by Gasteiger charge is -2.11. The van der Waals surface area contributed by atoms with E-state index in [2.05, 4.69) is 4.85 Å². The van der Waals surface area contributed by atoms with Crippen LogP contribution in [0.1, 0.15) is 18.1 Å². The van der Waals surface area contributed by atoms with Crippen molar-refractivity contribution in [2.75, 3.05) is 0 Å². The molecule has 3 heteroatoms. The first-order valence-electron chi connectivity index (χ1n) is 4.45. The Morgan fingerprint density at radius 2 is 2.14 bits per heavy atom. The Hall–Kier alpha value is -1.82. The Kier molecular flexibility index (Phi) is 1.97. The summed E-state index contributed by atoms with van der Waals surface area (Å²) in [4.78, 5) is 16.3. The van der Waals surface area contributed by atoms with Crippen molar-refractivity contribution in [2.24, 2.45) is 0 Å². The van der Waals surface area contributed by atoms with Crippen molar-refractivity contribution in [3.8, 4) is 0 Å². The molecule has 1 amide bonds. The largest absolute Gasteiger partial charge is 0.334 e. The van der Waals surface area contributed by atoms with E-state index < -0.39 is 0 Å². The Morgan fingerprint density at radius 1 is 1.43 bits per heavy atom. The van der Waals surface area contributed by atoms with Crippen molar-refractivity contribution in [1.82, 2.24) is 4.90 Å². The average Bonchev–Trinajstić information content (AvgIpc) is 2.59. The van der Waals surface area contributed by atoms with Gasteiger partial charge in [-0.05, 0) is 11.1 Å². The van der Waals surface area contributed by atoms with E-state index >= 15 is 0 Å². The molecule has 2 rings (SSSR count). The van der Waals surface area contributed by atoms with Gasteiger partial charge < -0.3 is 4.90 Å². The van der Waals surface area contributed by atoms with Crippen LogP contribution in [-0.2, 0) is 17.9 Å². The van der Waals surface area contributed by atoms with Crippen molar-refractivity contribution in [1.29, 1.82) is 0 Å². The zero-order valence-electron chi connectivity index (χ0n) is 7.95. The van der Waals surface area contributed by atoms with Gasteiger partial charge in [0.25, 0.3) is 0 Å². The van der Waals surface area contributed by atoms with Crippen LogP contribution in [0, 0.1) is 6.57 Å². The lowest BCUT2D eigenvalue weighted by atomic mass is 10.1. The van der Waals surface area contributed by atoms with Gasteiger partial charge >= 0.3 is 0 Å². The smallest absolute Gasteiger partial charge is 0.220 e. The highest BCUT2D eigenvalue weighted by atomic mass is 16.2. The topological polar surface area (TPSA) is 24.7 Å². The SMILES string of the molecule is [C-]#[N+]c1ccc2c(c1)CN(C(C)=O)C2. The number of amides is 1. The summed E-state index contributed by atoms with van der Waals surface area (Å²) in [5.74, 6) is 0.0885. The molecule has 0 saturated carbocycles. The van der Waals surface area contributed by atoms with Crippen molar-refractivity contribution in [3.63, 3.8) is 0 Å². The summed E-state index contributed by atoms with van der Waals surface area (Å²) in [6.07, 6.45) is 0. The molecule has 1 aliphatic heterocycles. The Balaban J connectivity index is 2.32. The second kappa shape index (κ2) is 3.15. The molecule has 1 heterocycles. The Morgan fingerprint density at radius 3 is 2.79 bits per heavy atom. The summed E-state index contributed by atoms with van der Waals surface area (Å²) >= 11 is 0. The highest BCUT2D eigenvalue weighted by molar-refractivity contribution is 5.74. The predicted molar refractivity (Wildman–Crippen MR) is 52.6 cm³/mol. The first kappa shape index (κ1) is 8.76. The molecule has 0 fully saturated rings. The molecule has 0 N–H and O–H groups in total. The van der Waals surface area contributed by atoms with E-state index in [1.165, 1.54) is 0 Å². The number of carbonyl (C=O) groups is 1. The standard InChI is InChI=1S/C11H10N2O/c1-8(14)13-6-9-3-4-11(12-2)5-10(9)7-13/h3-5H,6-7H2,1H3. The quantitative estimate of drug-likeness (QED) is 0.569. The normalized spacial score (nSPS) is 13.6. The fraction of sp³-hybridized carbons (Fsp3) is 0.273. The van der Waals surface area contributed by atoms with Gasteiger partial charge in [-0.2, -0.15) is 0 Å². The highest BCUT2D eigenvalue weighted by Gasteiger charge is 2.20. The van der Waals surface area contributed by atoms with Crippen molar-refractivity contribution >= 4 is 11.6 Å². The predicted octanol–water partition coefficient (Wildman–Crippen LogP) is 2.10. The van der Waals surface area contributed by atoms with Gasteiger partial charge in [-0.3, -0.25) is 4.79 Å². The molecule has 1 aromatic rings. The maximum atomic E-state index is 11.1. The van der Waals surface area contributed by atoms with Crippen LogP contribution in [0.2, 0.25) is 0 Å². The van der Waals surface area contributed by atoms with E-state index in [1.54, 1.807) is 17.9 Å². The summed E-state index contributed by atoms with van der Waals surface area (Å²) in [6.45, 7) is 9.79. The fourth-order valence-electron chi connectivity index (χ4n) is 1.67. The summed E-state index contributed by atoms with van der Waals surface area (Å²) < 4.78 is 0. The number of rotatable bonds is 0. The fourth-order valence-corrected chi connectivity index (χ4v) is 1.67. The Labute approximate surface area is 82.8 Å². The molecule has 70 valence electrons. The third kappa shape index (κ3) is 1.35. The maximum absolute atomic E-state index is 11.1. The van der Waals surface area contributed by atoms with Gasteiger partial charge in [-0.15, -0.1) is 0 Å². The molecule has 0 saturated heterocycles. The molecular formula is C11H10N2O. The molecule has 0 aromatic heterocycles. The molecule has 0 unspecified atom stereocenters. The molecule has 3 nitrogen and oxygen atoms in total. The minimum atomic E-state index is 0.0885. The minimum Gasteiger partial charge on any atom is -0.334 e. The average molecular weight is 186 g/mol. The van der Waals surface area contributed by atoms with E-state index in [0.29, 0.717) is 18.8 Å². The van der Waals surface area contributed by atoms with Gasteiger partial charge in [0.15, 0.2) is 5.69 Å². The van der Waals surface area contributed by atoms with Gasteiger partial charge in [-0.25, -0.2) is 4.85 Å². The first-order chi connectivity index (χ1) is 6.70. The number of nitrogens with zero attached hydrogens (tertiary/aromatic N) is 2. The zero-order chi connectivity index (χ0) is 10.1. The van der Waals surface area contributed by atoms with E-state index in [-0.39, 0.29) is 5.91 Å². The second-order valence-corrected chi connectivity index (χ2v) is 3.44. The highest BCUT2D eigenvalue weighted by Crippen LogP contribution is 2.26. The molecule has 0 aliphatic carbocycles. The van der Waals surface area contributed by atoms with E-state index in [1.807, 2.05) is 12.1 Å². The molecular weight excluding hydrogens is 176 g/mol. The maximum Gasteiger partial charge on any atom is 0.220 e. The van der Waals surface area contributed by atoms with Crippen molar-refractivity contribution in [2.45, 2.75) is 20.0 Å². The number of hydrogen-bond acceptors (Lipinski definition) is 1. The van der Waals surface area contributed by atoms with Crippen LogP contribution in [-0.4, -0.2) is 10.8 Å². The number of fused-ring (bicyclic) bond motifs is 1. The van der Waals surface area contributed by atoms with Crippen LogP contribution in [0.5, 0.6) is 0 Å². The summed E-state index contributed by atoms with van der Waals surface area (Å²) in [5.41, 5.74) is 2.91. The first-order valence-corrected chi connectivity index (χ1v) is 4.45. The van der Waals surface area contributed by atoms with Gasteiger partial charge in [0.1, 0.15) is 0 Å². The monoisotopic (exact) mass is 186 g/mol. The third-order valence-electron chi connectivity index (χ3n) is 2.49. The zero-order valence-corrected chi connectivity index (χ0v) is 7.95. The lowest BCUT2D eigenvalue weighted by Crippen LogP contribution is -2.21. The van der Waals surface area contributed by atoms with E-state index in [4.69, 9.17) is 6.57 Å². The summed E-state index contributed by atoms with van der Waals surface area (Å²) in [5, 5.41) is 0. The minimum absolute atomic E-state index is 0.0885. The summed E-state index contributed by atoms with van der Waals surface area (Å²) in [6, 6.07) is 5.60. The van der Waals surface area contributed by atoms with Gasteiger partial charge in [-0.1, -0.05) is 18.2 Å². The molecule has 0 spiro atoms. The van der Waals surface area contributed by atoms with Crippen LogP contribution in [0.25, 0.3) is 4.85 Å². The van der Waals surface area contributed by atoms with Crippen molar-refractivity contribution < 1.29 is 4.79 Å². The lowest BCUT2D eigenvalue weighted by molar-refractivity contribution is -0.129. The molecule has 0 radical (unpaired) electrons. The van der Waals surface area contributed by atoms with E-state index in [0.717, 1.165) is 11.1 Å².